The van der Waals surface area contributed by atoms with Crippen LogP contribution in [0.25, 0.3) is 21.3 Å². The van der Waals surface area contributed by atoms with Gasteiger partial charge in [0.05, 0.1) is 29.1 Å². The number of anilines is 1. The van der Waals surface area contributed by atoms with Gasteiger partial charge in [-0.15, -0.1) is 22.7 Å². The van der Waals surface area contributed by atoms with Crippen LogP contribution in [0.15, 0.2) is 48.0 Å². The molecule has 1 aliphatic carbocycles. The molecule has 4 aromatic rings. The van der Waals surface area contributed by atoms with Crippen molar-refractivity contribution in [1.82, 2.24) is 20.6 Å². The number of rotatable bonds is 13. The Hall–Kier alpha value is -3.99. The number of aromatic nitrogens is 2. The van der Waals surface area contributed by atoms with Crippen molar-refractivity contribution in [2.45, 2.75) is 30.7 Å². The molecule has 232 valence electrons. The van der Waals surface area contributed by atoms with E-state index >= 15 is 4.39 Å². The molecule has 3 amide bonds. The maximum Gasteiger partial charge on any atom is 0.412 e. The monoisotopic (exact) mass is 661 g/mol. The standard InChI is InChI=1S/C28H28FN5O7S3/c1-40-9-11-44(38,39)25(26(36)31-14-23(35)32-17-6-7-17)27-34-21-13-20(29)19(12-22(21)43-27)16-2-4-18(5-3-16)33-28(37)41-15-24-30-8-10-42-24/h2-5,8,10,12-13,17,25H,6-7,9,11,14-15H2,1H3,(H,31,36)(H,32,35)(H,33,37). The van der Waals surface area contributed by atoms with Crippen LogP contribution in [-0.2, 0) is 35.5 Å². The molecule has 3 N–H and O–H groups in total. The number of methoxy groups -OCH3 is 1. The predicted molar refractivity (Wildman–Crippen MR) is 164 cm³/mol. The average Bonchev–Trinajstić information content (AvgIpc) is 3.47. The predicted octanol–water partition coefficient (Wildman–Crippen LogP) is 3.80. The second-order valence-corrected chi connectivity index (χ2v) is 14.1. The molecule has 5 rings (SSSR count). The minimum absolute atomic E-state index is 0.0373. The number of amides is 3. The summed E-state index contributed by atoms with van der Waals surface area (Å²) < 4.78 is 52.2. The molecule has 1 aliphatic rings. The van der Waals surface area contributed by atoms with Crippen LogP contribution in [0, 0.1) is 5.82 Å². The first kappa shape index (κ1) is 31.4. The van der Waals surface area contributed by atoms with Crippen molar-refractivity contribution >= 4 is 66.3 Å². The van der Waals surface area contributed by atoms with Crippen molar-refractivity contribution in [2.24, 2.45) is 0 Å². The highest BCUT2D eigenvalue weighted by Gasteiger charge is 2.37. The summed E-state index contributed by atoms with van der Waals surface area (Å²) in [5, 5.41) is 8.39. The molecule has 1 unspecified atom stereocenters. The molecule has 16 heteroatoms. The van der Waals surface area contributed by atoms with Crippen molar-refractivity contribution < 1.29 is 36.7 Å². The maximum atomic E-state index is 15.3. The van der Waals surface area contributed by atoms with Gasteiger partial charge in [-0.05, 0) is 36.6 Å². The number of hydrogen-bond acceptors (Lipinski definition) is 11. The zero-order chi connectivity index (χ0) is 31.3. The van der Waals surface area contributed by atoms with Crippen molar-refractivity contribution in [3.05, 3.63) is 63.8 Å². The summed E-state index contributed by atoms with van der Waals surface area (Å²) in [6, 6.07) is 9.18. The number of nitrogens with one attached hydrogen (secondary N) is 3. The Balaban J connectivity index is 1.34. The fraction of sp³-hybridized carbons (Fsp3) is 0.321. The van der Waals surface area contributed by atoms with Gasteiger partial charge in [-0.25, -0.2) is 27.6 Å². The van der Waals surface area contributed by atoms with E-state index in [1.165, 1.54) is 30.6 Å². The van der Waals surface area contributed by atoms with Gasteiger partial charge in [-0.2, -0.15) is 0 Å². The summed E-state index contributed by atoms with van der Waals surface area (Å²) in [5.41, 5.74) is 1.31. The molecule has 12 nitrogen and oxygen atoms in total. The number of thiazole rings is 2. The summed E-state index contributed by atoms with van der Waals surface area (Å²) in [6.07, 6.45) is 2.67. The third kappa shape index (κ3) is 7.93. The molecule has 1 fully saturated rings. The maximum absolute atomic E-state index is 15.3. The first-order valence-corrected chi connectivity index (χ1v) is 16.8. The van der Waals surface area contributed by atoms with Gasteiger partial charge in [-0.3, -0.25) is 14.9 Å². The summed E-state index contributed by atoms with van der Waals surface area (Å²) in [6.45, 7) is -0.494. The van der Waals surface area contributed by atoms with E-state index < -0.39 is 44.6 Å². The summed E-state index contributed by atoms with van der Waals surface area (Å²) in [4.78, 5) is 45.7. The van der Waals surface area contributed by atoms with E-state index in [1.54, 1.807) is 35.8 Å². The topological polar surface area (TPSA) is 166 Å². The van der Waals surface area contributed by atoms with Crippen LogP contribution in [0.4, 0.5) is 14.9 Å². The highest BCUT2D eigenvalue weighted by molar-refractivity contribution is 7.92. The van der Waals surface area contributed by atoms with Crippen LogP contribution in [0.1, 0.15) is 28.1 Å². The van der Waals surface area contributed by atoms with Crippen molar-refractivity contribution in [3.8, 4) is 11.1 Å². The van der Waals surface area contributed by atoms with E-state index in [4.69, 9.17) is 9.47 Å². The van der Waals surface area contributed by atoms with E-state index in [-0.39, 0.29) is 41.9 Å². The molecule has 0 radical (unpaired) electrons. The summed E-state index contributed by atoms with van der Waals surface area (Å²) in [5.74, 6) is -2.39. The van der Waals surface area contributed by atoms with Gasteiger partial charge in [0.15, 0.2) is 15.1 Å². The first-order chi connectivity index (χ1) is 21.1. The van der Waals surface area contributed by atoms with Crippen LogP contribution in [-0.4, -0.2) is 68.3 Å². The molecule has 0 aliphatic heterocycles. The van der Waals surface area contributed by atoms with E-state index in [1.807, 2.05) is 0 Å². The molecular formula is C28H28FN5O7S3. The molecule has 0 saturated heterocycles. The Labute approximate surface area is 259 Å². The van der Waals surface area contributed by atoms with E-state index in [0.717, 1.165) is 24.2 Å². The third-order valence-electron chi connectivity index (χ3n) is 6.51. The molecule has 2 heterocycles. The number of sulfone groups is 1. The smallest absolute Gasteiger partial charge is 0.412 e. The van der Waals surface area contributed by atoms with Crippen LogP contribution in [0.2, 0.25) is 0 Å². The normalized spacial score (nSPS) is 13.8. The number of fused-ring (bicyclic) bond motifs is 1. The minimum Gasteiger partial charge on any atom is -0.442 e. The Kier molecular flexibility index (Phi) is 9.83. The first-order valence-electron chi connectivity index (χ1n) is 13.4. The average molecular weight is 662 g/mol. The fourth-order valence-corrected chi connectivity index (χ4v) is 7.64. The summed E-state index contributed by atoms with van der Waals surface area (Å²) >= 11 is 2.31. The fourth-order valence-electron chi connectivity index (χ4n) is 4.15. The van der Waals surface area contributed by atoms with Gasteiger partial charge in [0.2, 0.25) is 11.8 Å². The number of carbonyl (C=O) groups is 3. The van der Waals surface area contributed by atoms with Gasteiger partial charge in [0.25, 0.3) is 0 Å². The third-order valence-corrected chi connectivity index (χ3v) is 10.4. The zero-order valence-corrected chi connectivity index (χ0v) is 25.8. The summed E-state index contributed by atoms with van der Waals surface area (Å²) in [7, 11) is -2.77. The Morgan fingerprint density at radius 1 is 1.16 bits per heavy atom. The number of ether oxygens (including phenoxy) is 2. The van der Waals surface area contributed by atoms with Gasteiger partial charge in [0.1, 0.15) is 22.4 Å². The zero-order valence-electron chi connectivity index (χ0n) is 23.4. The lowest BCUT2D eigenvalue weighted by Gasteiger charge is -2.15. The number of nitrogens with zero attached hydrogens (tertiary/aromatic N) is 2. The minimum atomic E-state index is -4.11. The quantitative estimate of drug-likeness (QED) is 0.193. The Morgan fingerprint density at radius 2 is 1.93 bits per heavy atom. The van der Waals surface area contributed by atoms with Crippen molar-refractivity contribution in [3.63, 3.8) is 0 Å². The largest absolute Gasteiger partial charge is 0.442 e. The van der Waals surface area contributed by atoms with Crippen LogP contribution in [0.5, 0.6) is 0 Å². The SMILES string of the molecule is COCCS(=O)(=O)C(C(=O)NCC(=O)NC1CC1)c1nc2cc(F)c(-c3ccc(NC(=O)OCc4nccs4)cc3)cc2s1. The molecule has 2 aromatic carbocycles. The number of hydrogen-bond donors (Lipinski definition) is 3. The van der Waals surface area contributed by atoms with Crippen molar-refractivity contribution in [1.29, 1.82) is 0 Å². The number of benzene rings is 2. The second-order valence-electron chi connectivity index (χ2n) is 9.86. The number of halogens is 1. The lowest BCUT2D eigenvalue weighted by molar-refractivity contribution is -0.126. The molecule has 1 atom stereocenters. The van der Waals surface area contributed by atoms with Gasteiger partial charge >= 0.3 is 6.09 Å². The highest BCUT2D eigenvalue weighted by Crippen LogP contribution is 2.35. The molecule has 2 aromatic heterocycles. The Morgan fingerprint density at radius 3 is 2.61 bits per heavy atom. The van der Waals surface area contributed by atoms with Crippen LogP contribution < -0.4 is 16.0 Å². The van der Waals surface area contributed by atoms with E-state index in [0.29, 0.717) is 21.0 Å². The molecule has 1 saturated carbocycles. The van der Waals surface area contributed by atoms with E-state index in [2.05, 4.69) is 25.9 Å². The van der Waals surface area contributed by atoms with Crippen molar-refractivity contribution in [2.75, 3.05) is 31.3 Å². The lowest BCUT2D eigenvalue weighted by atomic mass is 10.0. The van der Waals surface area contributed by atoms with Gasteiger partial charge < -0.3 is 20.1 Å². The molecular weight excluding hydrogens is 634 g/mol. The van der Waals surface area contributed by atoms with Crippen LogP contribution >= 0.6 is 22.7 Å². The molecule has 0 spiro atoms. The second kappa shape index (κ2) is 13.8. The van der Waals surface area contributed by atoms with Gasteiger partial charge in [0, 0.05) is 42.0 Å². The highest BCUT2D eigenvalue weighted by atomic mass is 32.2. The lowest BCUT2D eigenvalue weighted by Crippen LogP contribution is -2.41. The molecule has 44 heavy (non-hydrogen) atoms. The van der Waals surface area contributed by atoms with Gasteiger partial charge in [-0.1, -0.05) is 12.1 Å². The van der Waals surface area contributed by atoms with E-state index in [9.17, 15) is 22.8 Å². The Bertz CT molecular complexity index is 1760. The molecule has 0 bridgehead atoms. The number of carbonyl (C=O) groups excluding carboxylic acids is 3. The van der Waals surface area contributed by atoms with Crippen LogP contribution in [0.3, 0.4) is 0 Å².